The maximum atomic E-state index is 11.2. The normalized spacial score (nSPS) is 26.1. The van der Waals surface area contributed by atoms with Crippen molar-refractivity contribution in [3.05, 3.63) is 75.2 Å². The second kappa shape index (κ2) is 8.34. The molecule has 0 N–H and O–H groups in total. The van der Waals surface area contributed by atoms with Gasteiger partial charge >= 0.3 is 0 Å². The van der Waals surface area contributed by atoms with Crippen LogP contribution in [0.15, 0.2) is 69.4 Å². The van der Waals surface area contributed by atoms with Gasteiger partial charge in [-0.25, -0.2) is 14.2 Å². The predicted octanol–water partition coefficient (Wildman–Crippen LogP) is 5.16. The number of morpholine rings is 1. The molecule has 0 radical (unpaired) electrons. The molecule has 3 heterocycles. The average molecular weight is 481 g/mol. The number of hydrogen-bond acceptors (Lipinski definition) is 6. The third-order valence-corrected chi connectivity index (χ3v) is 10.5. The van der Waals surface area contributed by atoms with Gasteiger partial charge in [-0.15, -0.1) is 0 Å². The van der Waals surface area contributed by atoms with Gasteiger partial charge in [0.2, 0.25) is 0 Å². The van der Waals surface area contributed by atoms with Crippen LogP contribution in [0.3, 0.4) is 0 Å². The molecule has 1 atom stereocenters. The summed E-state index contributed by atoms with van der Waals surface area (Å²) < 4.78 is 15.4. The maximum Gasteiger partial charge on any atom is 0.269 e. The van der Waals surface area contributed by atoms with Gasteiger partial charge < -0.3 is 9.64 Å². The second-order valence-electron chi connectivity index (χ2n) is 9.18. The summed E-state index contributed by atoms with van der Waals surface area (Å²) in [5.74, 6) is 0. The number of hydrazone groups is 1. The molecule has 1 fully saturated rings. The number of nitrogens with zero attached hydrogens (tertiary/aromatic N) is 6. The lowest BCUT2D eigenvalue weighted by molar-refractivity contribution is -0.384. The number of allylic oxidation sites excluding steroid dienone is 2. The SMILES string of the molecule is CN1/C(=C2\C=NN(C)[P@]2(=Nc2ccc([N+](=O)[O-])cc2)N2CCOCC2)C(C)(C)c2ccccc21. The van der Waals surface area contributed by atoms with Gasteiger partial charge in [-0.1, -0.05) is 32.0 Å². The van der Waals surface area contributed by atoms with Crippen LogP contribution in [-0.2, 0) is 10.2 Å². The third-order valence-electron chi connectivity index (χ3n) is 6.88. The van der Waals surface area contributed by atoms with Crippen LogP contribution in [-0.4, -0.2) is 61.0 Å². The zero-order chi connectivity index (χ0) is 24.1. The van der Waals surface area contributed by atoms with Gasteiger partial charge in [0.05, 0.1) is 35.4 Å². The lowest BCUT2D eigenvalue weighted by Gasteiger charge is -2.41. The number of likely N-dealkylation sites (N-methyl/N-ethyl adjacent to an activating group) is 1. The number of benzene rings is 2. The van der Waals surface area contributed by atoms with Gasteiger partial charge in [-0.05, 0) is 23.8 Å². The number of ether oxygens (including phenoxy) is 1. The Labute approximate surface area is 199 Å². The first kappa shape index (κ1) is 22.8. The zero-order valence-electron chi connectivity index (χ0n) is 19.9. The van der Waals surface area contributed by atoms with E-state index in [1.54, 1.807) is 12.1 Å². The minimum absolute atomic E-state index is 0.0550. The maximum absolute atomic E-state index is 11.2. The molecule has 2 aromatic carbocycles. The first-order valence-corrected chi connectivity index (χ1v) is 13.0. The molecule has 0 aromatic heterocycles. The van der Waals surface area contributed by atoms with Gasteiger partial charge in [-0.2, -0.15) is 5.10 Å². The van der Waals surface area contributed by atoms with Crippen molar-refractivity contribution < 1.29 is 9.66 Å². The summed E-state index contributed by atoms with van der Waals surface area (Å²) in [6.07, 6.45) is 1.97. The van der Waals surface area contributed by atoms with Crippen molar-refractivity contribution in [1.82, 2.24) is 9.45 Å². The molecule has 0 spiro atoms. The minimum atomic E-state index is -2.52. The Morgan fingerprint density at radius 2 is 1.76 bits per heavy atom. The van der Waals surface area contributed by atoms with Crippen LogP contribution in [0, 0.1) is 10.1 Å². The Morgan fingerprint density at radius 3 is 2.41 bits per heavy atom. The summed E-state index contributed by atoms with van der Waals surface area (Å²) in [4.78, 5) is 13.1. The summed E-state index contributed by atoms with van der Waals surface area (Å²) in [5.41, 5.74) is 4.18. The Morgan fingerprint density at radius 1 is 1.09 bits per heavy atom. The molecule has 0 aliphatic carbocycles. The van der Waals surface area contributed by atoms with Crippen LogP contribution < -0.4 is 4.90 Å². The summed E-state index contributed by atoms with van der Waals surface area (Å²) >= 11 is 0. The predicted molar refractivity (Wildman–Crippen MR) is 136 cm³/mol. The summed E-state index contributed by atoms with van der Waals surface area (Å²) in [7, 11) is 1.57. The van der Waals surface area contributed by atoms with E-state index in [0.717, 1.165) is 18.4 Å². The largest absolute Gasteiger partial charge is 0.379 e. The highest BCUT2D eigenvalue weighted by Gasteiger charge is 2.48. The summed E-state index contributed by atoms with van der Waals surface area (Å²) in [5, 5.41) is 17.1. The van der Waals surface area contributed by atoms with Crippen LogP contribution >= 0.6 is 7.36 Å². The fraction of sp³-hybridized carbons (Fsp3) is 0.375. The molecule has 34 heavy (non-hydrogen) atoms. The van der Waals surface area contributed by atoms with Crippen molar-refractivity contribution in [2.45, 2.75) is 19.3 Å². The van der Waals surface area contributed by atoms with E-state index in [0.29, 0.717) is 18.9 Å². The van der Waals surface area contributed by atoms with Crippen LogP contribution in [0.2, 0.25) is 0 Å². The number of rotatable bonds is 3. The van der Waals surface area contributed by atoms with E-state index in [4.69, 9.17) is 14.6 Å². The smallest absolute Gasteiger partial charge is 0.269 e. The topological polar surface area (TPSA) is 86.8 Å². The molecular weight excluding hydrogens is 451 g/mol. The fourth-order valence-corrected chi connectivity index (χ4v) is 8.89. The third kappa shape index (κ3) is 3.38. The number of fused-ring (bicyclic) bond motifs is 1. The number of anilines is 1. The molecule has 5 rings (SSSR count). The van der Waals surface area contributed by atoms with Crippen molar-refractivity contribution >= 4 is 30.6 Å². The van der Waals surface area contributed by atoms with Gasteiger partial charge in [0, 0.05) is 56.1 Å². The first-order chi connectivity index (χ1) is 16.3. The first-order valence-electron chi connectivity index (χ1n) is 11.3. The van der Waals surface area contributed by atoms with Gasteiger partial charge in [0.15, 0.2) is 7.36 Å². The summed E-state index contributed by atoms with van der Waals surface area (Å²) in [6, 6.07) is 15.0. The fourth-order valence-electron chi connectivity index (χ4n) is 5.25. The number of para-hydroxylation sites is 1. The molecule has 0 unspecified atom stereocenters. The number of hydrogen-bond donors (Lipinski definition) is 0. The highest BCUT2D eigenvalue weighted by atomic mass is 31.2. The summed E-state index contributed by atoms with van der Waals surface area (Å²) in [6.45, 7) is 7.26. The Kier molecular flexibility index (Phi) is 5.59. The molecule has 9 nitrogen and oxygen atoms in total. The average Bonchev–Trinajstić information content (AvgIpc) is 3.25. The van der Waals surface area contributed by atoms with Crippen molar-refractivity contribution in [3.63, 3.8) is 0 Å². The van der Waals surface area contributed by atoms with Crippen molar-refractivity contribution in [1.29, 1.82) is 0 Å². The van der Waals surface area contributed by atoms with Crippen LogP contribution in [0.5, 0.6) is 0 Å². The molecule has 1 saturated heterocycles. The van der Waals surface area contributed by atoms with E-state index in [1.807, 2.05) is 18.0 Å². The lowest BCUT2D eigenvalue weighted by atomic mass is 9.84. The van der Waals surface area contributed by atoms with Gasteiger partial charge in [0.1, 0.15) is 0 Å². The lowest BCUT2D eigenvalue weighted by Crippen LogP contribution is -2.37. The second-order valence-corrected chi connectivity index (χ2v) is 12.1. The van der Waals surface area contributed by atoms with Crippen LogP contribution in [0.1, 0.15) is 19.4 Å². The van der Waals surface area contributed by atoms with Crippen molar-refractivity contribution in [2.24, 2.45) is 9.85 Å². The van der Waals surface area contributed by atoms with Gasteiger partial charge in [-0.3, -0.25) is 10.1 Å². The van der Waals surface area contributed by atoms with E-state index in [9.17, 15) is 10.1 Å². The Balaban J connectivity index is 1.76. The molecule has 0 saturated carbocycles. The monoisotopic (exact) mass is 480 g/mol. The molecule has 0 amide bonds. The molecule has 3 aliphatic rings. The molecule has 10 heteroatoms. The minimum Gasteiger partial charge on any atom is -0.379 e. The van der Waals surface area contributed by atoms with E-state index in [2.05, 4.69) is 54.7 Å². The Bertz CT molecular complexity index is 1250. The number of nitro benzene ring substituents is 1. The van der Waals surface area contributed by atoms with Crippen LogP contribution in [0.4, 0.5) is 17.1 Å². The quantitative estimate of drug-likeness (QED) is 0.343. The van der Waals surface area contributed by atoms with E-state index in [1.165, 1.54) is 29.1 Å². The number of nitro groups is 1. The zero-order valence-corrected chi connectivity index (χ0v) is 20.8. The molecular formula is C24H29N6O3P. The van der Waals surface area contributed by atoms with E-state index < -0.39 is 7.36 Å². The molecule has 2 aromatic rings. The van der Waals surface area contributed by atoms with Crippen molar-refractivity contribution in [2.75, 3.05) is 45.3 Å². The van der Waals surface area contributed by atoms with Crippen LogP contribution in [0.25, 0.3) is 0 Å². The standard InChI is InChI=1S/C24H29N6O3P/c1-24(2)20-7-5-6-8-21(20)27(3)23(24)22-17-25-28(4)34(22,29-13-15-33-16-14-29)26-18-9-11-19(12-10-18)30(31)32/h5-12,17H,13-16H2,1-4H3/b23-22+/t34-/m0/s1. The highest BCUT2D eigenvalue weighted by molar-refractivity contribution is 7.67. The number of non-ortho nitro benzene ring substituents is 1. The molecule has 3 aliphatic heterocycles. The van der Waals surface area contributed by atoms with E-state index >= 15 is 0 Å². The van der Waals surface area contributed by atoms with Gasteiger partial charge in [0.25, 0.3) is 5.69 Å². The highest BCUT2D eigenvalue weighted by Crippen LogP contribution is 2.69. The Hall–Kier alpha value is -3.00. The molecule has 0 bridgehead atoms. The van der Waals surface area contributed by atoms with Crippen molar-refractivity contribution in [3.8, 4) is 0 Å². The molecule has 178 valence electrons. The van der Waals surface area contributed by atoms with E-state index in [-0.39, 0.29) is 16.0 Å².